The number of aliphatic imine (C=N–C) groups is 1. The lowest BCUT2D eigenvalue weighted by Crippen LogP contribution is -2.52. The molecule has 1 fully saturated rings. The van der Waals surface area contributed by atoms with Crippen molar-refractivity contribution in [2.45, 2.75) is 19.9 Å². The van der Waals surface area contributed by atoms with Crippen LogP contribution in [0.3, 0.4) is 0 Å². The predicted octanol–water partition coefficient (Wildman–Crippen LogP) is 2.82. The molecule has 1 aliphatic rings. The molecule has 0 aliphatic carbocycles. The minimum Gasteiger partial charge on any atom is -0.351 e. The Labute approximate surface area is 158 Å². The first-order valence-corrected chi connectivity index (χ1v) is 10.3. The van der Waals surface area contributed by atoms with Crippen molar-refractivity contribution in [1.29, 1.82) is 0 Å². The van der Waals surface area contributed by atoms with Gasteiger partial charge in [0, 0.05) is 56.1 Å². The Bertz CT molecular complexity index is 690. The van der Waals surface area contributed by atoms with Crippen molar-refractivity contribution in [3.05, 3.63) is 26.6 Å². The SMILES string of the molecule is CCc1nsc(N2CCN(C(=NC)NCc3ccc(Br)s3)CC2)n1. The number of hydrogen-bond acceptors (Lipinski definition) is 6. The second kappa shape index (κ2) is 8.26. The summed E-state index contributed by atoms with van der Waals surface area (Å²) < 4.78 is 5.54. The quantitative estimate of drug-likeness (QED) is 0.599. The van der Waals surface area contributed by atoms with Crippen LogP contribution in [0.4, 0.5) is 5.13 Å². The van der Waals surface area contributed by atoms with Crippen molar-refractivity contribution in [3.63, 3.8) is 0 Å². The highest BCUT2D eigenvalue weighted by molar-refractivity contribution is 9.11. The van der Waals surface area contributed by atoms with Crippen LogP contribution in [0.25, 0.3) is 0 Å². The van der Waals surface area contributed by atoms with E-state index in [1.807, 2.05) is 7.05 Å². The molecule has 9 heteroatoms. The van der Waals surface area contributed by atoms with Crippen molar-refractivity contribution >= 4 is 49.9 Å². The van der Waals surface area contributed by atoms with Crippen LogP contribution >= 0.6 is 38.8 Å². The van der Waals surface area contributed by atoms with E-state index in [-0.39, 0.29) is 0 Å². The van der Waals surface area contributed by atoms with Gasteiger partial charge in [0.2, 0.25) is 5.13 Å². The zero-order valence-electron chi connectivity index (χ0n) is 13.8. The Morgan fingerprint density at radius 3 is 2.71 bits per heavy atom. The lowest BCUT2D eigenvalue weighted by molar-refractivity contribution is 0.372. The molecular formula is C15H21BrN6S2. The van der Waals surface area contributed by atoms with E-state index in [0.717, 1.165) is 59.8 Å². The molecule has 1 aliphatic heterocycles. The summed E-state index contributed by atoms with van der Waals surface area (Å²) in [4.78, 5) is 14.9. The molecule has 0 saturated carbocycles. The molecular weight excluding hydrogens is 408 g/mol. The fraction of sp³-hybridized carbons (Fsp3) is 0.533. The zero-order chi connectivity index (χ0) is 16.9. The van der Waals surface area contributed by atoms with Gasteiger partial charge in [-0.3, -0.25) is 4.99 Å². The summed E-state index contributed by atoms with van der Waals surface area (Å²) in [5.41, 5.74) is 0. The Hall–Kier alpha value is -1.19. The van der Waals surface area contributed by atoms with Gasteiger partial charge in [0.05, 0.1) is 10.3 Å². The number of anilines is 1. The van der Waals surface area contributed by atoms with E-state index in [9.17, 15) is 0 Å². The van der Waals surface area contributed by atoms with Crippen LogP contribution in [0.2, 0.25) is 0 Å². The predicted molar refractivity (Wildman–Crippen MR) is 105 cm³/mol. The number of rotatable bonds is 4. The van der Waals surface area contributed by atoms with Gasteiger partial charge in [0.15, 0.2) is 5.96 Å². The molecule has 0 aromatic carbocycles. The standard InChI is InChI=1S/C15H21BrN6S2/c1-3-13-19-15(24-20-13)22-8-6-21(7-9-22)14(17-2)18-10-11-4-5-12(16)23-11/h4-5H,3,6-10H2,1-2H3,(H,17,18). The van der Waals surface area contributed by atoms with Gasteiger partial charge in [-0.2, -0.15) is 4.37 Å². The first-order valence-electron chi connectivity index (χ1n) is 7.97. The van der Waals surface area contributed by atoms with E-state index in [4.69, 9.17) is 0 Å². The number of aryl methyl sites for hydroxylation is 1. The highest BCUT2D eigenvalue weighted by Gasteiger charge is 2.22. The molecule has 0 bridgehead atoms. The number of halogens is 1. The summed E-state index contributed by atoms with van der Waals surface area (Å²) in [6.45, 7) is 6.67. The van der Waals surface area contributed by atoms with Crippen LogP contribution in [-0.2, 0) is 13.0 Å². The minimum atomic E-state index is 0.805. The maximum absolute atomic E-state index is 4.59. The Morgan fingerprint density at radius 2 is 2.12 bits per heavy atom. The molecule has 0 unspecified atom stereocenters. The number of aromatic nitrogens is 2. The fourth-order valence-corrected chi connectivity index (χ4v) is 4.80. The van der Waals surface area contributed by atoms with Crippen LogP contribution in [0.1, 0.15) is 17.6 Å². The summed E-state index contributed by atoms with van der Waals surface area (Å²) in [5.74, 6) is 1.91. The number of piperazine rings is 1. The van der Waals surface area contributed by atoms with E-state index in [2.05, 4.69) is 64.5 Å². The lowest BCUT2D eigenvalue weighted by Gasteiger charge is -2.36. The van der Waals surface area contributed by atoms with Gasteiger partial charge in [-0.1, -0.05) is 6.92 Å². The number of nitrogens with one attached hydrogen (secondary N) is 1. The highest BCUT2D eigenvalue weighted by atomic mass is 79.9. The van der Waals surface area contributed by atoms with Crippen LogP contribution in [-0.4, -0.2) is 53.4 Å². The summed E-state index contributed by atoms with van der Waals surface area (Å²) >= 11 is 6.75. The number of hydrogen-bond donors (Lipinski definition) is 1. The van der Waals surface area contributed by atoms with E-state index in [1.54, 1.807) is 11.3 Å². The first kappa shape index (κ1) is 17.6. The monoisotopic (exact) mass is 428 g/mol. The van der Waals surface area contributed by atoms with E-state index < -0.39 is 0 Å². The molecule has 2 aromatic heterocycles. The number of thiophene rings is 1. The highest BCUT2D eigenvalue weighted by Crippen LogP contribution is 2.22. The summed E-state index contributed by atoms with van der Waals surface area (Å²) in [7, 11) is 1.84. The summed E-state index contributed by atoms with van der Waals surface area (Å²) in [6.07, 6.45) is 0.895. The van der Waals surface area contributed by atoms with E-state index in [1.165, 1.54) is 16.4 Å². The molecule has 3 heterocycles. The van der Waals surface area contributed by atoms with Gasteiger partial charge in [0.25, 0.3) is 0 Å². The van der Waals surface area contributed by atoms with Crippen molar-refractivity contribution in [1.82, 2.24) is 19.6 Å². The molecule has 0 amide bonds. The van der Waals surface area contributed by atoms with E-state index >= 15 is 0 Å². The molecule has 0 atom stereocenters. The van der Waals surface area contributed by atoms with Crippen molar-refractivity contribution in [2.24, 2.45) is 4.99 Å². The maximum Gasteiger partial charge on any atom is 0.205 e. The average Bonchev–Trinajstić information content (AvgIpc) is 3.25. The van der Waals surface area contributed by atoms with Crippen LogP contribution in [0.5, 0.6) is 0 Å². The van der Waals surface area contributed by atoms with Crippen LogP contribution in [0, 0.1) is 0 Å². The number of guanidine groups is 1. The van der Waals surface area contributed by atoms with Crippen LogP contribution in [0.15, 0.2) is 20.9 Å². The molecule has 130 valence electrons. The molecule has 0 radical (unpaired) electrons. The maximum atomic E-state index is 4.59. The van der Waals surface area contributed by atoms with Crippen molar-refractivity contribution in [3.8, 4) is 0 Å². The Kier molecular flexibility index (Phi) is 6.07. The Balaban J connectivity index is 1.52. The van der Waals surface area contributed by atoms with Gasteiger partial charge in [0.1, 0.15) is 5.82 Å². The van der Waals surface area contributed by atoms with Gasteiger partial charge in [-0.15, -0.1) is 11.3 Å². The molecule has 3 rings (SSSR count). The summed E-state index contributed by atoms with van der Waals surface area (Å²) in [5, 5.41) is 4.50. The van der Waals surface area contributed by atoms with Crippen molar-refractivity contribution < 1.29 is 0 Å². The van der Waals surface area contributed by atoms with Gasteiger partial charge < -0.3 is 15.1 Å². The van der Waals surface area contributed by atoms with Gasteiger partial charge >= 0.3 is 0 Å². The van der Waals surface area contributed by atoms with Crippen molar-refractivity contribution in [2.75, 3.05) is 38.1 Å². The summed E-state index contributed by atoms with van der Waals surface area (Å²) in [6, 6.07) is 4.21. The third-order valence-electron chi connectivity index (χ3n) is 3.88. The average molecular weight is 429 g/mol. The lowest BCUT2D eigenvalue weighted by atomic mass is 10.3. The molecule has 0 spiro atoms. The topological polar surface area (TPSA) is 56.7 Å². The normalized spacial score (nSPS) is 15.9. The molecule has 1 saturated heterocycles. The molecule has 6 nitrogen and oxygen atoms in total. The minimum absolute atomic E-state index is 0.805. The Morgan fingerprint density at radius 1 is 1.33 bits per heavy atom. The second-order valence-corrected chi connectivity index (χ2v) is 8.71. The molecule has 1 N–H and O–H groups in total. The number of nitrogens with zero attached hydrogens (tertiary/aromatic N) is 5. The van der Waals surface area contributed by atoms with E-state index in [0.29, 0.717) is 0 Å². The van der Waals surface area contributed by atoms with Gasteiger partial charge in [-0.05, 0) is 28.1 Å². The van der Waals surface area contributed by atoms with Gasteiger partial charge in [-0.25, -0.2) is 4.98 Å². The molecule has 24 heavy (non-hydrogen) atoms. The third kappa shape index (κ3) is 4.25. The molecule has 2 aromatic rings. The van der Waals surface area contributed by atoms with Crippen LogP contribution < -0.4 is 10.2 Å². The second-order valence-electron chi connectivity index (χ2n) is 5.43. The largest absolute Gasteiger partial charge is 0.351 e. The zero-order valence-corrected chi connectivity index (χ0v) is 17.0. The third-order valence-corrected chi connectivity index (χ3v) is 6.32. The fourth-order valence-electron chi connectivity index (χ4n) is 2.57. The first-order chi connectivity index (χ1) is 11.7. The smallest absolute Gasteiger partial charge is 0.205 e.